The van der Waals surface area contributed by atoms with Gasteiger partial charge in [-0.2, -0.15) is 13.2 Å². The van der Waals surface area contributed by atoms with Gasteiger partial charge in [-0.1, -0.05) is 12.8 Å². The molecule has 0 saturated heterocycles. The second kappa shape index (κ2) is 5.87. The van der Waals surface area contributed by atoms with Gasteiger partial charge in [-0.05, 0) is 31.0 Å². The largest absolute Gasteiger partial charge is 0.393 e. The monoisotopic (exact) mass is 328 g/mol. The molecule has 0 bridgehead atoms. The molecule has 2 unspecified atom stereocenters. The maximum absolute atomic E-state index is 13.1. The number of benzene rings is 1. The first-order chi connectivity index (χ1) is 10.4. The Morgan fingerprint density at radius 2 is 2.05 bits per heavy atom. The van der Waals surface area contributed by atoms with E-state index in [0.717, 1.165) is 10.2 Å². The molecule has 1 N–H and O–H groups in total. The van der Waals surface area contributed by atoms with Crippen LogP contribution in [0.15, 0.2) is 23.7 Å². The molecule has 0 aliphatic heterocycles. The quantitative estimate of drug-likeness (QED) is 0.900. The number of halogens is 3. The van der Waals surface area contributed by atoms with Crippen LogP contribution < -0.4 is 5.32 Å². The molecular formula is C15H15F3N2OS. The van der Waals surface area contributed by atoms with Crippen molar-refractivity contribution in [1.82, 2.24) is 10.3 Å². The summed E-state index contributed by atoms with van der Waals surface area (Å²) in [6.07, 6.45) is -2.53. The van der Waals surface area contributed by atoms with Crippen LogP contribution in [-0.2, 0) is 0 Å². The predicted octanol–water partition coefficient (Wildman–Crippen LogP) is 4.15. The van der Waals surface area contributed by atoms with Crippen LogP contribution in [0.5, 0.6) is 0 Å². The van der Waals surface area contributed by atoms with Gasteiger partial charge in [0.05, 0.1) is 21.6 Å². The fraction of sp³-hybridized carbons (Fsp3) is 0.467. The standard InChI is InChI=1S/C15H15F3N2OS/c16-15(17,18)10-3-1-2-4-11(10)20-14(21)9-5-6-12-13(7-9)22-8-19-12/h5-8,10-11H,1-4H2,(H,20,21). The average Bonchev–Trinajstić information content (AvgIpc) is 2.94. The third-order valence-electron chi connectivity index (χ3n) is 4.10. The lowest BCUT2D eigenvalue weighted by atomic mass is 9.84. The van der Waals surface area contributed by atoms with Gasteiger partial charge in [0.1, 0.15) is 0 Å². The van der Waals surface area contributed by atoms with E-state index in [1.807, 2.05) is 0 Å². The topological polar surface area (TPSA) is 42.0 Å². The number of rotatable bonds is 2. The Hall–Kier alpha value is -1.63. The third kappa shape index (κ3) is 3.09. The Kier molecular flexibility index (Phi) is 4.08. The Bertz CT molecular complexity index is 683. The van der Waals surface area contributed by atoms with Crippen LogP contribution in [-0.4, -0.2) is 23.1 Å². The van der Waals surface area contributed by atoms with Crippen LogP contribution in [0.2, 0.25) is 0 Å². The van der Waals surface area contributed by atoms with Crippen molar-refractivity contribution in [3.63, 3.8) is 0 Å². The molecule has 0 spiro atoms. The molecule has 1 heterocycles. The van der Waals surface area contributed by atoms with E-state index in [9.17, 15) is 18.0 Å². The number of nitrogens with zero attached hydrogens (tertiary/aromatic N) is 1. The van der Waals surface area contributed by atoms with Crippen molar-refractivity contribution in [2.24, 2.45) is 5.92 Å². The van der Waals surface area contributed by atoms with Gasteiger partial charge in [0.15, 0.2) is 0 Å². The van der Waals surface area contributed by atoms with Crippen molar-refractivity contribution in [2.75, 3.05) is 0 Å². The molecule has 1 aliphatic rings. The molecule has 22 heavy (non-hydrogen) atoms. The summed E-state index contributed by atoms with van der Waals surface area (Å²) < 4.78 is 40.0. The van der Waals surface area contributed by atoms with Crippen LogP contribution in [0.3, 0.4) is 0 Å². The lowest BCUT2D eigenvalue weighted by Gasteiger charge is -2.33. The number of fused-ring (bicyclic) bond motifs is 1. The molecule has 1 fully saturated rings. The maximum Gasteiger partial charge on any atom is 0.393 e. The van der Waals surface area contributed by atoms with Crippen molar-refractivity contribution < 1.29 is 18.0 Å². The molecule has 2 aromatic rings. The fourth-order valence-electron chi connectivity index (χ4n) is 2.94. The summed E-state index contributed by atoms with van der Waals surface area (Å²) in [4.78, 5) is 16.4. The Morgan fingerprint density at radius 3 is 2.82 bits per heavy atom. The highest BCUT2D eigenvalue weighted by atomic mass is 32.1. The van der Waals surface area contributed by atoms with Gasteiger partial charge < -0.3 is 5.32 Å². The second-order valence-corrected chi connectivity index (χ2v) is 6.43. The first-order valence-corrected chi connectivity index (χ1v) is 8.04. The zero-order valence-electron chi connectivity index (χ0n) is 11.7. The molecule has 1 aromatic heterocycles. The summed E-state index contributed by atoms with van der Waals surface area (Å²) in [7, 11) is 0. The molecule has 1 saturated carbocycles. The number of nitrogens with one attached hydrogen (secondary N) is 1. The van der Waals surface area contributed by atoms with E-state index < -0.39 is 24.0 Å². The van der Waals surface area contributed by atoms with Crippen LogP contribution in [0.4, 0.5) is 13.2 Å². The molecular weight excluding hydrogens is 313 g/mol. The molecule has 3 nitrogen and oxygen atoms in total. The van der Waals surface area contributed by atoms with Crippen LogP contribution in [0, 0.1) is 5.92 Å². The fourth-order valence-corrected chi connectivity index (χ4v) is 3.66. The molecule has 0 radical (unpaired) electrons. The van der Waals surface area contributed by atoms with Gasteiger partial charge in [-0.3, -0.25) is 4.79 Å². The summed E-state index contributed by atoms with van der Waals surface area (Å²) in [5.74, 6) is -1.89. The summed E-state index contributed by atoms with van der Waals surface area (Å²) in [6.45, 7) is 0. The van der Waals surface area contributed by atoms with Crippen molar-refractivity contribution in [3.05, 3.63) is 29.3 Å². The smallest absolute Gasteiger partial charge is 0.349 e. The number of hydrogen-bond acceptors (Lipinski definition) is 3. The predicted molar refractivity (Wildman–Crippen MR) is 78.9 cm³/mol. The minimum Gasteiger partial charge on any atom is -0.349 e. The van der Waals surface area contributed by atoms with E-state index in [2.05, 4.69) is 10.3 Å². The van der Waals surface area contributed by atoms with Crippen molar-refractivity contribution >= 4 is 27.5 Å². The molecule has 118 valence electrons. The normalized spacial score (nSPS) is 22.7. The molecule has 1 aliphatic carbocycles. The van der Waals surface area contributed by atoms with Gasteiger partial charge in [0.25, 0.3) is 5.91 Å². The summed E-state index contributed by atoms with van der Waals surface area (Å²) in [5.41, 5.74) is 2.84. The summed E-state index contributed by atoms with van der Waals surface area (Å²) in [5, 5.41) is 2.57. The molecule has 7 heteroatoms. The van der Waals surface area contributed by atoms with Crippen LogP contribution in [0.1, 0.15) is 36.0 Å². The van der Waals surface area contributed by atoms with Gasteiger partial charge in [-0.25, -0.2) is 4.98 Å². The minimum atomic E-state index is -4.26. The van der Waals surface area contributed by atoms with Crippen LogP contribution in [0.25, 0.3) is 10.2 Å². The van der Waals surface area contributed by atoms with Gasteiger partial charge in [-0.15, -0.1) is 11.3 Å². The molecule has 1 aromatic carbocycles. The van der Waals surface area contributed by atoms with Crippen molar-refractivity contribution in [2.45, 2.75) is 37.9 Å². The summed E-state index contributed by atoms with van der Waals surface area (Å²) in [6, 6.07) is 4.15. The highest BCUT2D eigenvalue weighted by molar-refractivity contribution is 7.16. The van der Waals surface area contributed by atoms with Gasteiger partial charge in [0.2, 0.25) is 0 Å². The first-order valence-electron chi connectivity index (χ1n) is 7.16. The van der Waals surface area contributed by atoms with Crippen molar-refractivity contribution in [3.8, 4) is 0 Å². The number of aromatic nitrogens is 1. The number of alkyl halides is 3. The highest BCUT2D eigenvalue weighted by Crippen LogP contribution is 2.37. The van der Waals surface area contributed by atoms with E-state index >= 15 is 0 Å². The third-order valence-corrected chi connectivity index (χ3v) is 4.89. The first kappa shape index (κ1) is 15.3. The lowest BCUT2D eigenvalue weighted by molar-refractivity contribution is -0.187. The van der Waals surface area contributed by atoms with Crippen molar-refractivity contribution in [1.29, 1.82) is 0 Å². The number of carbonyl (C=O) groups is 1. The Morgan fingerprint density at radius 1 is 1.27 bits per heavy atom. The molecule has 1 amide bonds. The Balaban J connectivity index is 1.77. The van der Waals surface area contributed by atoms with Crippen LogP contribution >= 0.6 is 11.3 Å². The van der Waals surface area contributed by atoms with E-state index in [1.165, 1.54) is 11.3 Å². The SMILES string of the molecule is O=C(NC1CCCCC1C(F)(F)F)c1ccc2ncsc2c1. The lowest BCUT2D eigenvalue weighted by Crippen LogP contribution is -2.47. The minimum absolute atomic E-state index is 0.0856. The number of thiazole rings is 1. The maximum atomic E-state index is 13.1. The van der Waals surface area contributed by atoms with Gasteiger partial charge in [0, 0.05) is 11.6 Å². The van der Waals surface area contributed by atoms with E-state index in [0.29, 0.717) is 24.8 Å². The second-order valence-electron chi connectivity index (χ2n) is 5.55. The van der Waals surface area contributed by atoms with E-state index in [4.69, 9.17) is 0 Å². The summed E-state index contributed by atoms with van der Waals surface area (Å²) >= 11 is 1.40. The average molecular weight is 328 g/mol. The van der Waals surface area contributed by atoms with Gasteiger partial charge >= 0.3 is 6.18 Å². The molecule has 3 rings (SSSR count). The zero-order valence-corrected chi connectivity index (χ0v) is 12.5. The highest BCUT2D eigenvalue weighted by Gasteiger charge is 2.45. The number of amides is 1. The Labute approximate surface area is 129 Å². The number of carbonyl (C=O) groups excluding carboxylic acids is 1. The van der Waals surface area contributed by atoms with E-state index in [-0.39, 0.29) is 6.42 Å². The molecule has 2 atom stereocenters. The zero-order chi connectivity index (χ0) is 15.7. The van der Waals surface area contributed by atoms with E-state index in [1.54, 1.807) is 23.7 Å². The number of hydrogen-bond donors (Lipinski definition) is 1.